The molecule has 0 bridgehead atoms. The number of rotatable bonds is 4. The van der Waals surface area contributed by atoms with Gasteiger partial charge in [-0.15, -0.1) is 11.3 Å². The second-order valence-electron chi connectivity index (χ2n) is 6.01. The molecule has 0 aliphatic rings. The lowest BCUT2D eigenvalue weighted by molar-refractivity contribution is -0.117. The Balaban J connectivity index is 1.82. The topological polar surface area (TPSA) is 64.0 Å². The molecule has 0 aliphatic heterocycles. The summed E-state index contributed by atoms with van der Waals surface area (Å²) < 4.78 is 1.20. The number of aromatic nitrogens is 2. The summed E-state index contributed by atoms with van der Waals surface area (Å²) in [6.07, 6.45) is 0. The molecule has 0 aliphatic carbocycles. The van der Waals surface area contributed by atoms with Crippen molar-refractivity contribution in [2.24, 2.45) is 0 Å². The Morgan fingerprint density at radius 2 is 1.88 bits per heavy atom. The third kappa shape index (κ3) is 3.85. The molecule has 0 spiro atoms. The number of hydrogen-bond acceptors (Lipinski definition) is 4. The van der Waals surface area contributed by atoms with Gasteiger partial charge in [0, 0.05) is 11.8 Å². The van der Waals surface area contributed by atoms with Crippen LogP contribution >= 0.6 is 11.3 Å². The normalized spacial score (nSPS) is 10.7. The quantitative estimate of drug-likeness (QED) is 0.780. The van der Waals surface area contributed by atoms with Gasteiger partial charge in [0.05, 0.1) is 4.88 Å². The molecule has 128 valence electrons. The number of amides is 1. The monoisotopic (exact) mass is 353 g/mol. The lowest BCUT2D eigenvalue weighted by Gasteiger charge is -2.13. The van der Waals surface area contributed by atoms with E-state index in [-0.39, 0.29) is 18.0 Å². The van der Waals surface area contributed by atoms with Gasteiger partial charge in [-0.3, -0.25) is 9.59 Å². The molecule has 3 rings (SSSR count). The molecule has 1 N–H and O–H groups in total. The van der Waals surface area contributed by atoms with E-state index in [1.54, 1.807) is 6.07 Å². The van der Waals surface area contributed by atoms with Gasteiger partial charge in [0.2, 0.25) is 5.91 Å². The zero-order valence-electron chi connectivity index (χ0n) is 14.4. The van der Waals surface area contributed by atoms with Crippen molar-refractivity contribution in [3.05, 3.63) is 68.8 Å². The minimum absolute atomic E-state index is 0.120. The van der Waals surface area contributed by atoms with Gasteiger partial charge in [0.25, 0.3) is 5.56 Å². The molecule has 0 saturated carbocycles. The van der Waals surface area contributed by atoms with Gasteiger partial charge >= 0.3 is 0 Å². The van der Waals surface area contributed by atoms with Crippen LogP contribution in [-0.4, -0.2) is 15.7 Å². The summed E-state index contributed by atoms with van der Waals surface area (Å²) in [5.74, 6) is -0.270. The van der Waals surface area contributed by atoms with E-state index in [9.17, 15) is 9.59 Å². The van der Waals surface area contributed by atoms with Crippen molar-refractivity contribution in [3.8, 4) is 10.6 Å². The molecule has 1 amide bonds. The van der Waals surface area contributed by atoms with Crippen molar-refractivity contribution in [1.82, 2.24) is 9.78 Å². The van der Waals surface area contributed by atoms with E-state index < -0.39 is 0 Å². The van der Waals surface area contributed by atoms with Crippen molar-refractivity contribution in [1.29, 1.82) is 0 Å². The van der Waals surface area contributed by atoms with Gasteiger partial charge in [-0.2, -0.15) is 5.10 Å². The summed E-state index contributed by atoms with van der Waals surface area (Å²) in [4.78, 5) is 25.4. The lowest BCUT2D eigenvalue weighted by Crippen LogP contribution is -2.29. The minimum Gasteiger partial charge on any atom is -0.324 e. The lowest BCUT2D eigenvalue weighted by atomic mass is 10.1. The van der Waals surface area contributed by atoms with E-state index in [4.69, 9.17) is 0 Å². The molecule has 0 atom stereocenters. The van der Waals surface area contributed by atoms with Crippen LogP contribution in [0.2, 0.25) is 0 Å². The number of nitrogens with zero attached hydrogens (tertiary/aromatic N) is 2. The SMILES string of the molecule is Cc1cc(C)c(NC(=O)Cn2nc(-c3cccs3)ccc2=O)c(C)c1. The van der Waals surface area contributed by atoms with E-state index in [2.05, 4.69) is 10.4 Å². The summed E-state index contributed by atoms with van der Waals surface area (Å²) in [6, 6.07) is 11.0. The second kappa shape index (κ2) is 7.03. The molecule has 6 heteroatoms. The molecule has 0 unspecified atom stereocenters. The highest BCUT2D eigenvalue weighted by Gasteiger charge is 2.11. The Labute approximate surface area is 150 Å². The van der Waals surface area contributed by atoms with Gasteiger partial charge < -0.3 is 5.32 Å². The molecular formula is C19H19N3O2S. The highest BCUT2D eigenvalue weighted by atomic mass is 32.1. The highest BCUT2D eigenvalue weighted by molar-refractivity contribution is 7.13. The summed E-state index contributed by atoms with van der Waals surface area (Å²) in [7, 11) is 0. The first-order valence-corrected chi connectivity index (χ1v) is 8.82. The molecule has 2 heterocycles. The van der Waals surface area contributed by atoms with Crippen LogP contribution in [0.25, 0.3) is 10.6 Å². The van der Waals surface area contributed by atoms with Gasteiger partial charge in [0.1, 0.15) is 12.2 Å². The molecule has 3 aromatic rings. The molecule has 25 heavy (non-hydrogen) atoms. The van der Waals surface area contributed by atoms with Gasteiger partial charge in [-0.05, 0) is 49.4 Å². The first-order valence-electron chi connectivity index (χ1n) is 7.94. The van der Waals surface area contributed by atoms with Gasteiger partial charge in [0.15, 0.2) is 0 Å². The van der Waals surface area contributed by atoms with Crippen molar-refractivity contribution in [3.63, 3.8) is 0 Å². The van der Waals surface area contributed by atoms with Crippen LogP contribution in [0.15, 0.2) is 46.6 Å². The van der Waals surface area contributed by atoms with Crippen LogP contribution in [-0.2, 0) is 11.3 Å². The molecule has 0 saturated heterocycles. The number of nitrogens with one attached hydrogen (secondary N) is 1. The molecular weight excluding hydrogens is 334 g/mol. The fraction of sp³-hybridized carbons (Fsp3) is 0.211. The van der Waals surface area contributed by atoms with E-state index in [1.165, 1.54) is 22.1 Å². The number of hydrogen-bond donors (Lipinski definition) is 1. The first-order chi connectivity index (χ1) is 11.9. The Kier molecular flexibility index (Phi) is 4.81. The van der Waals surface area contributed by atoms with E-state index in [0.717, 1.165) is 27.3 Å². The molecule has 1 aromatic carbocycles. The van der Waals surface area contributed by atoms with E-state index in [1.807, 2.05) is 50.4 Å². The minimum atomic E-state index is -0.298. The van der Waals surface area contributed by atoms with Gasteiger partial charge in [-0.1, -0.05) is 23.8 Å². The summed E-state index contributed by atoms with van der Waals surface area (Å²) in [5.41, 5.74) is 4.32. The van der Waals surface area contributed by atoms with Crippen LogP contribution in [0.1, 0.15) is 16.7 Å². The summed E-state index contributed by atoms with van der Waals surface area (Å²) in [5, 5.41) is 9.16. The third-order valence-electron chi connectivity index (χ3n) is 3.88. The van der Waals surface area contributed by atoms with Crippen LogP contribution in [0.3, 0.4) is 0 Å². The number of carbonyl (C=O) groups excluding carboxylic acids is 1. The number of carbonyl (C=O) groups is 1. The fourth-order valence-corrected chi connectivity index (χ4v) is 3.50. The summed E-state index contributed by atoms with van der Waals surface area (Å²) in [6.45, 7) is 5.81. The van der Waals surface area contributed by atoms with E-state index in [0.29, 0.717) is 5.69 Å². The van der Waals surface area contributed by atoms with Crippen LogP contribution < -0.4 is 10.9 Å². The Hall–Kier alpha value is -2.73. The van der Waals surface area contributed by atoms with Crippen molar-refractivity contribution >= 4 is 22.9 Å². The molecule has 5 nitrogen and oxygen atoms in total. The smallest absolute Gasteiger partial charge is 0.267 e. The average Bonchev–Trinajstić information content (AvgIpc) is 3.07. The number of anilines is 1. The number of thiophene rings is 1. The fourth-order valence-electron chi connectivity index (χ4n) is 2.81. The largest absolute Gasteiger partial charge is 0.324 e. The third-order valence-corrected chi connectivity index (χ3v) is 4.77. The van der Waals surface area contributed by atoms with E-state index >= 15 is 0 Å². The Bertz CT molecular complexity index is 952. The Morgan fingerprint density at radius 1 is 1.16 bits per heavy atom. The summed E-state index contributed by atoms with van der Waals surface area (Å²) >= 11 is 1.54. The van der Waals surface area contributed by atoms with Crippen molar-refractivity contribution in [2.45, 2.75) is 27.3 Å². The van der Waals surface area contributed by atoms with Crippen LogP contribution in [0.5, 0.6) is 0 Å². The van der Waals surface area contributed by atoms with Gasteiger partial charge in [-0.25, -0.2) is 4.68 Å². The van der Waals surface area contributed by atoms with Crippen LogP contribution in [0.4, 0.5) is 5.69 Å². The maximum atomic E-state index is 12.4. The highest BCUT2D eigenvalue weighted by Crippen LogP contribution is 2.22. The standard InChI is InChI=1S/C19H19N3O2S/c1-12-9-13(2)19(14(3)10-12)20-17(23)11-22-18(24)7-6-15(21-22)16-5-4-8-25-16/h4-10H,11H2,1-3H3,(H,20,23). The molecule has 2 aromatic heterocycles. The predicted molar refractivity (Wildman–Crippen MR) is 101 cm³/mol. The van der Waals surface area contributed by atoms with Crippen molar-refractivity contribution < 1.29 is 4.79 Å². The first kappa shape index (κ1) is 17.1. The zero-order valence-corrected chi connectivity index (χ0v) is 15.2. The number of benzene rings is 1. The maximum absolute atomic E-state index is 12.4. The average molecular weight is 353 g/mol. The second-order valence-corrected chi connectivity index (χ2v) is 6.96. The van der Waals surface area contributed by atoms with Crippen LogP contribution in [0, 0.1) is 20.8 Å². The maximum Gasteiger partial charge on any atom is 0.267 e. The zero-order chi connectivity index (χ0) is 18.0. The van der Waals surface area contributed by atoms with Crippen molar-refractivity contribution in [2.75, 3.05) is 5.32 Å². The Morgan fingerprint density at radius 3 is 2.52 bits per heavy atom. The molecule has 0 fully saturated rings. The molecule has 0 radical (unpaired) electrons. The number of aryl methyl sites for hydroxylation is 3. The predicted octanol–water partition coefficient (Wildman–Crippen LogP) is 3.54.